The first-order valence-corrected chi connectivity index (χ1v) is 4.36. The average molecular weight is 211 g/mol. The summed E-state index contributed by atoms with van der Waals surface area (Å²) in [6.07, 6.45) is 3.32. The van der Waals surface area contributed by atoms with Crippen LogP contribution in [0.2, 0.25) is 0 Å². The number of hydrogen-bond donors (Lipinski definition) is 3. The topological polar surface area (TPSA) is 108 Å². The maximum atomic E-state index is 11.3. The van der Waals surface area contributed by atoms with Crippen molar-refractivity contribution in [3.05, 3.63) is 22.7 Å². The minimum atomic E-state index is -0.264. The minimum absolute atomic E-state index is 0.120. The molecule has 1 aromatic rings. The van der Waals surface area contributed by atoms with E-state index in [1.54, 1.807) is 11.9 Å². The molecule has 7 heteroatoms. The molecule has 0 saturated carbocycles. The zero-order valence-corrected chi connectivity index (χ0v) is 8.34. The standard InChI is InChI=1S/C8H13N5O2/c1-13(5-2-6(9)12-15)7-8(14)11-4-3-10-7/h3-4,15H,2,5H2,1H3,(H2,9,12)(H,11,14). The first-order valence-electron chi connectivity index (χ1n) is 4.36. The van der Waals surface area contributed by atoms with Crippen molar-refractivity contribution in [1.29, 1.82) is 0 Å². The van der Waals surface area contributed by atoms with Gasteiger partial charge in [-0.1, -0.05) is 5.16 Å². The van der Waals surface area contributed by atoms with Gasteiger partial charge in [0, 0.05) is 32.4 Å². The highest BCUT2D eigenvalue weighted by Gasteiger charge is 2.06. The molecule has 0 amide bonds. The number of nitrogens with zero attached hydrogens (tertiary/aromatic N) is 3. The van der Waals surface area contributed by atoms with Gasteiger partial charge in [-0.15, -0.1) is 0 Å². The van der Waals surface area contributed by atoms with Gasteiger partial charge in [0.05, 0.1) is 0 Å². The van der Waals surface area contributed by atoms with Crippen LogP contribution in [0.4, 0.5) is 5.82 Å². The van der Waals surface area contributed by atoms with Crippen LogP contribution in [0.15, 0.2) is 22.3 Å². The second-order valence-electron chi connectivity index (χ2n) is 3.00. The van der Waals surface area contributed by atoms with Crippen molar-refractivity contribution in [2.24, 2.45) is 10.9 Å². The fraction of sp³-hybridized carbons (Fsp3) is 0.375. The number of oxime groups is 1. The van der Waals surface area contributed by atoms with E-state index in [1.807, 2.05) is 0 Å². The van der Waals surface area contributed by atoms with Gasteiger partial charge in [0.2, 0.25) is 0 Å². The Hall–Kier alpha value is -2.05. The van der Waals surface area contributed by atoms with Gasteiger partial charge in [-0.05, 0) is 0 Å². The molecule has 7 nitrogen and oxygen atoms in total. The first kappa shape index (κ1) is 11.0. The molecule has 0 bridgehead atoms. The molecule has 1 aromatic heterocycles. The number of hydrogen-bond acceptors (Lipinski definition) is 5. The second kappa shape index (κ2) is 4.99. The molecule has 1 heterocycles. The summed E-state index contributed by atoms with van der Waals surface area (Å²) in [5.41, 5.74) is 5.04. The predicted molar refractivity (Wildman–Crippen MR) is 56.2 cm³/mol. The molecule has 0 aliphatic heterocycles. The maximum Gasteiger partial charge on any atom is 0.290 e. The van der Waals surface area contributed by atoms with Crippen LogP contribution in [0.3, 0.4) is 0 Å². The molecule has 0 aliphatic rings. The Morgan fingerprint density at radius 1 is 1.80 bits per heavy atom. The van der Waals surface area contributed by atoms with Crippen LogP contribution in [-0.4, -0.2) is 34.6 Å². The molecule has 1 rings (SSSR count). The summed E-state index contributed by atoms with van der Waals surface area (Å²) >= 11 is 0. The molecule has 15 heavy (non-hydrogen) atoms. The molecule has 0 atom stereocenters. The highest BCUT2D eigenvalue weighted by Crippen LogP contribution is 1.99. The van der Waals surface area contributed by atoms with Gasteiger partial charge in [0.15, 0.2) is 5.82 Å². The summed E-state index contributed by atoms with van der Waals surface area (Å²) in [4.78, 5) is 19.4. The van der Waals surface area contributed by atoms with Crippen LogP contribution < -0.4 is 16.2 Å². The Morgan fingerprint density at radius 3 is 3.13 bits per heavy atom. The van der Waals surface area contributed by atoms with Gasteiger partial charge >= 0.3 is 0 Å². The van der Waals surface area contributed by atoms with Crippen molar-refractivity contribution in [3.63, 3.8) is 0 Å². The number of nitrogens with one attached hydrogen (secondary N) is 1. The Morgan fingerprint density at radius 2 is 2.53 bits per heavy atom. The van der Waals surface area contributed by atoms with Crippen LogP contribution >= 0.6 is 0 Å². The van der Waals surface area contributed by atoms with Crippen LogP contribution in [0, 0.1) is 0 Å². The van der Waals surface area contributed by atoms with Crippen LogP contribution in [-0.2, 0) is 0 Å². The van der Waals surface area contributed by atoms with Crippen molar-refractivity contribution >= 4 is 11.7 Å². The van der Waals surface area contributed by atoms with Crippen molar-refractivity contribution in [2.45, 2.75) is 6.42 Å². The van der Waals surface area contributed by atoms with E-state index in [9.17, 15) is 4.79 Å². The number of aromatic nitrogens is 2. The normalized spacial score (nSPS) is 11.4. The quantitative estimate of drug-likeness (QED) is 0.265. The van der Waals surface area contributed by atoms with E-state index in [4.69, 9.17) is 10.9 Å². The van der Waals surface area contributed by atoms with Gasteiger partial charge in [-0.25, -0.2) is 4.98 Å². The fourth-order valence-corrected chi connectivity index (χ4v) is 1.05. The van der Waals surface area contributed by atoms with Crippen LogP contribution in [0.25, 0.3) is 0 Å². The van der Waals surface area contributed by atoms with Crippen molar-refractivity contribution in [2.75, 3.05) is 18.5 Å². The van der Waals surface area contributed by atoms with Gasteiger partial charge in [0.25, 0.3) is 5.56 Å². The molecule has 0 saturated heterocycles. The Labute approximate surface area is 86.2 Å². The number of anilines is 1. The molecule has 82 valence electrons. The maximum absolute atomic E-state index is 11.3. The first-order chi connectivity index (χ1) is 7.15. The summed E-state index contributed by atoms with van der Waals surface area (Å²) in [6.45, 7) is 0.454. The van der Waals surface area contributed by atoms with E-state index < -0.39 is 0 Å². The van der Waals surface area contributed by atoms with E-state index >= 15 is 0 Å². The summed E-state index contributed by atoms with van der Waals surface area (Å²) < 4.78 is 0. The summed E-state index contributed by atoms with van der Waals surface area (Å²) in [5.74, 6) is 0.428. The predicted octanol–water partition coefficient (Wildman–Crippen LogP) is -0.657. The van der Waals surface area contributed by atoms with E-state index in [-0.39, 0.29) is 11.4 Å². The molecular formula is C8H13N5O2. The Kier molecular flexibility index (Phi) is 3.67. The van der Waals surface area contributed by atoms with E-state index in [0.29, 0.717) is 18.8 Å². The highest BCUT2D eigenvalue weighted by atomic mass is 16.4. The number of nitrogens with two attached hydrogens (primary N) is 1. The van der Waals surface area contributed by atoms with Gasteiger partial charge in [-0.3, -0.25) is 4.79 Å². The molecule has 0 fully saturated rings. The fourth-order valence-electron chi connectivity index (χ4n) is 1.05. The third-order valence-corrected chi connectivity index (χ3v) is 1.88. The number of rotatable bonds is 4. The monoisotopic (exact) mass is 211 g/mol. The SMILES string of the molecule is CN(CC/C(N)=N/O)c1ncc[nH]c1=O. The van der Waals surface area contributed by atoms with Crippen molar-refractivity contribution < 1.29 is 5.21 Å². The smallest absolute Gasteiger partial charge is 0.290 e. The summed E-state index contributed by atoms with van der Waals surface area (Å²) in [7, 11) is 1.71. The van der Waals surface area contributed by atoms with Crippen molar-refractivity contribution in [1.82, 2.24) is 9.97 Å². The van der Waals surface area contributed by atoms with E-state index in [0.717, 1.165) is 0 Å². The molecule has 0 aliphatic carbocycles. The molecule has 4 N–H and O–H groups in total. The van der Waals surface area contributed by atoms with Gasteiger partial charge in [0.1, 0.15) is 5.84 Å². The third kappa shape index (κ3) is 2.97. The Bertz CT molecular complexity index is 400. The number of aromatic amines is 1. The zero-order chi connectivity index (χ0) is 11.3. The van der Waals surface area contributed by atoms with Gasteiger partial charge < -0.3 is 20.8 Å². The lowest BCUT2D eigenvalue weighted by Gasteiger charge is -2.15. The van der Waals surface area contributed by atoms with Crippen LogP contribution in [0.5, 0.6) is 0 Å². The molecule has 0 radical (unpaired) electrons. The molecular weight excluding hydrogens is 198 g/mol. The average Bonchev–Trinajstić information content (AvgIpc) is 2.26. The van der Waals surface area contributed by atoms with E-state index in [2.05, 4.69) is 15.1 Å². The number of amidine groups is 1. The third-order valence-electron chi connectivity index (χ3n) is 1.88. The molecule has 0 spiro atoms. The largest absolute Gasteiger partial charge is 0.409 e. The highest BCUT2D eigenvalue weighted by molar-refractivity contribution is 5.80. The Balaban J connectivity index is 2.66. The lowest BCUT2D eigenvalue weighted by molar-refractivity contribution is 0.317. The lowest BCUT2D eigenvalue weighted by atomic mass is 10.3. The summed E-state index contributed by atoms with van der Waals surface area (Å²) in [6, 6.07) is 0. The lowest BCUT2D eigenvalue weighted by Crippen LogP contribution is -2.29. The minimum Gasteiger partial charge on any atom is -0.409 e. The summed E-state index contributed by atoms with van der Waals surface area (Å²) in [5, 5.41) is 11.2. The van der Waals surface area contributed by atoms with Crippen molar-refractivity contribution in [3.8, 4) is 0 Å². The van der Waals surface area contributed by atoms with Gasteiger partial charge in [-0.2, -0.15) is 0 Å². The molecule has 0 unspecified atom stereocenters. The zero-order valence-electron chi connectivity index (χ0n) is 8.34. The second-order valence-corrected chi connectivity index (χ2v) is 3.00. The van der Waals surface area contributed by atoms with E-state index in [1.165, 1.54) is 12.4 Å². The number of H-pyrrole nitrogens is 1. The van der Waals surface area contributed by atoms with Crippen LogP contribution in [0.1, 0.15) is 6.42 Å². The molecule has 0 aromatic carbocycles.